The summed E-state index contributed by atoms with van der Waals surface area (Å²) >= 11 is 0. The summed E-state index contributed by atoms with van der Waals surface area (Å²) in [4.78, 5) is 17.0. The van der Waals surface area contributed by atoms with Gasteiger partial charge in [-0.15, -0.1) is 0 Å². The van der Waals surface area contributed by atoms with E-state index in [0.717, 1.165) is 40.3 Å². The summed E-state index contributed by atoms with van der Waals surface area (Å²) in [6, 6.07) is 13.7. The van der Waals surface area contributed by atoms with Crippen LogP contribution in [0.15, 0.2) is 46.9 Å². The molecule has 2 aromatic carbocycles. The number of anilines is 1. The molecule has 0 unspecified atom stereocenters. The van der Waals surface area contributed by atoms with Crippen molar-refractivity contribution in [2.24, 2.45) is 5.92 Å². The van der Waals surface area contributed by atoms with Gasteiger partial charge < -0.3 is 9.73 Å². The van der Waals surface area contributed by atoms with E-state index in [2.05, 4.69) is 10.3 Å². The number of fused-ring (bicyclic) bond motifs is 1. The second-order valence-corrected chi connectivity index (χ2v) is 7.61. The molecule has 0 saturated heterocycles. The minimum absolute atomic E-state index is 0.0957. The van der Waals surface area contributed by atoms with Crippen molar-refractivity contribution in [1.82, 2.24) is 4.98 Å². The van der Waals surface area contributed by atoms with Gasteiger partial charge in [0, 0.05) is 17.7 Å². The van der Waals surface area contributed by atoms with Gasteiger partial charge in [-0.3, -0.25) is 4.79 Å². The number of carbonyl (C=O) groups is 1. The number of nitrogens with zero attached hydrogens (tertiary/aromatic N) is 1. The molecule has 1 fully saturated rings. The number of amides is 1. The second-order valence-electron chi connectivity index (χ2n) is 7.61. The molecule has 3 aromatic rings. The second kappa shape index (κ2) is 7.95. The summed E-state index contributed by atoms with van der Waals surface area (Å²) < 4.78 is 5.86. The minimum atomic E-state index is 0.0957. The Balaban J connectivity index is 1.46. The van der Waals surface area contributed by atoms with Crippen LogP contribution in [0.2, 0.25) is 0 Å². The van der Waals surface area contributed by atoms with Crippen molar-refractivity contribution in [3.05, 3.63) is 48.0 Å². The molecular weight excluding hydrogens is 336 g/mol. The van der Waals surface area contributed by atoms with Crippen LogP contribution in [0.4, 0.5) is 5.69 Å². The summed E-state index contributed by atoms with van der Waals surface area (Å²) in [5, 5.41) is 3.09. The van der Waals surface area contributed by atoms with E-state index < -0.39 is 0 Å². The zero-order valence-corrected chi connectivity index (χ0v) is 15.8. The van der Waals surface area contributed by atoms with Crippen molar-refractivity contribution in [3.63, 3.8) is 0 Å². The predicted octanol–water partition coefficient (Wildman–Crippen LogP) is 6.10. The quantitative estimate of drug-likeness (QED) is 0.596. The van der Waals surface area contributed by atoms with Gasteiger partial charge in [0.05, 0.1) is 0 Å². The first kappa shape index (κ1) is 17.8. The van der Waals surface area contributed by atoms with Crippen molar-refractivity contribution in [2.75, 3.05) is 5.32 Å². The number of oxazole rings is 1. The van der Waals surface area contributed by atoms with Gasteiger partial charge in [-0.2, -0.15) is 0 Å². The topological polar surface area (TPSA) is 55.1 Å². The van der Waals surface area contributed by atoms with Gasteiger partial charge in [-0.1, -0.05) is 50.3 Å². The van der Waals surface area contributed by atoms with Gasteiger partial charge in [0.1, 0.15) is 5.52 Å². The molecule has 1 N–H and O–H groups in total. The summed E-state index contributed by atoms with van der Waals surface area (Å²) in [5.74, 6) is 1.39. The Bertz CT molecular complexity index is 905. The molecule has 4 nitrogen and oxygen atoms in total. The molecule has 0 atom stereocenters. The molecule has 1 amide bonds. The third kappa shape index (κ3) is 4.21. The molecule has 0 aliphatic heterocycles. The smallest absolute Gasteiger partial charge is 0.227 e. The van der Waals surface area contributed by atoms with Crippen LogP contribution in [0.1, 0.15) is 50.5 Å². The molecule has 1 saturated carbocycles. The van der Waals surface area contributed by atoms with E-state index in [-0.39, 0.29) is 5.91 Å². The molecule has 140 valence electrons. The van der Waals surface area contributed by atoms with Crippen molar-refractivity contribution in [3.8, 4) is 11.5 Å². The number of rotatable bonds is 5. The van der Waals surface area contributed by atoms with Crippen LogP contribution in [0.3, 0.4) is 0 Å². The molecule has 4 rings (SSSR count). The fourth-order valence-electron chi connectivity index (χ4n) is 3.91. The van der Waals surface area contributed by atoms with Crippen LogP contribution in [-0.4, -0.2) is 10.9 Å². The highest BCUT2D eigenvalue weighted by atomic mass is 16.3. The van der Waals surface area contributed by atoms with E-state index in [9.17, 15) is 4.79 Å². The molecule has 1 heterocycles. The first-order valence-corrected chi connectivity index (χ1v) is 9.95. The van der Waals surface area contributed by atoms with E-state index in [1.165, 1.54) is 32.1 Å². The van der Waals surface area contributed by atoms with E-state index in [1.807, 2.05) is 49.4 Å². The molecule has 0 radical (unpaired) electrons. The standard InChI is InChI=1S/C23H26N2O2/c1-16-11-13-18(23-25-19-9-5-6-10-21(19)27-23)15-20(16)24-22(26)14-12-17-7-3-2-4-8-17/h5-6,9-11,13,15,17H,2-4,7-8,12,14H2,1H3,(H,24,26). The van der Waals surface area contributed by atoms with Crippen LogP contribution in [0, 0.1) is 12.8 Å². The van der Waals surface area contributed by atoms with Gasteiger partial charge in [-0.05, 0) is 49.1 Å². The lowest BCUT2D eigenvalue weighted by atomic mass is 9.86. The lowest BCUT2D eigenvalue weighted by Gasteiger charge is -2.21. The number of hydrogen-bond acceptors (Lipinski definition) is 3. The molecule has 1 aliphatic rings. The van der Waals surface area contributed by atoms with Crippen molar-refractivity contribution in [2.45, 2.75) is 51.9 Å². The SMILES string of the molecule is Cc1ccc(-c2nc3ccccc3o2)cc1NC(=O)CCC1CCCCC1. The van der Waals surface area contributed by atoms with E-state index in [0.29, 0.717) is 12.3 Å². The Morgan fingerprint density at radius 1 is 1.15 bits per heavy atom. The summed E-state index contributed by atoms with van der Waals surface area (Å²) in [6.07, 6.45) is 8.13. The van der Waals surface area contributed by atoms with Gasteiger partial charge >= 0.3 is 0 Å². The zero-order valence-electron chi connectivity index (χ0n) is 15.8. The third-order valence-corrected chi connectivity index (χ3v) is 5.56. The summed E-state index contributed by atoms with van der Waals surface area (Å²) in [6.45, 7) is 2.01. The van der Waals surface area contributed by atoms with E-state index in [1.54, 1.807) is 0 Å². The fourth-order valence-corrected chi connectivity index (χ4v) is 3.91. The maximum absolute atomic E-state index is 12.4. The molecule has 4 heteroatoms. The predicted molar refractivity (Wildman–Crippen MR) is 109 cm³/mol. The number of aromatic nitrogens is 1. The maximum Gasteiger partial charge on any atom is 0.227 e. The normalized spacial score (nSPS) is 15.1. The average molecular weight is 362 g/mol. The Hall–Kier alpha value is -2.62. The van der Waals surface area contributed by atoms with E-state index in [4.69, 9.17) is 4.42 Å². The Morgan fingerprint density at radius 3 is 2.78 bits per heavy atom. The number of para-hydroxylation sites is 2. The fraction of sp³-hybridized carbons (Fsp3) is 0.391. The molecule has 1 aromatic heterocycles. The summed E-state index contributed by atoms with van der Waals surface area (Å²) in [7, 11) is 0. The van der Waals surface area contributed by atoms with Crippen molar-refractivity contribution >= 4 is 22.7 Å². The number of benzene rings is 2. The maximum atomic E-state index is 12.4. The lowest BCUT2D eigenvalue weighted by Crippen LogP contribution is -2.15. The van der Waals surface area contributed by atoms with Crippen molar-refractivity contribution < 1.29 is 9.21 Å². The molecule has 1 aliphatic carbocycles. The molecule has 0 bridgehead atoms. The van der Waals surface area contributed by atoms with Gasteiger partial charge in [0.15, 0.2) is 5.58 Å². The Labute approximate surface area is 160 Å². The van der Waals surface area contributed by atoms with Crippen molar-refractivity contribution in [1.29, 1.82) is 0 Å². The monoisotopic (exact) mass is 362 g/mol. The van der Waals surface area contributed by atoms with Crippen LogP contribution in [-0.2, 0) is 4.79 Å². The van der Waals surface area contributed by atoms with Crippen LogP contribution >= 0.6 is 0 Å². The average Bonchev–Trinajstić information content (AvgIpc) is 3.13. The van der Waals surface area contributed by atoms with Gasteiger partial charge in [0.2, 0.25) is 11.8 Å². The molecule has 0 spiro atoms. The number of nitrogens with one attached hydrogen (secondary N) is 1. The number of carbonyl (C=O) groups excluding carboxylic acids is 1. The summed E-state index contributed by atoms with van der Waals surface area (Å²) in [5.41, 5.74) is 4.36. The first-order valence-electron chi connectivity index (χ1n) is 9.95. The Morgan fingerprint density at radius 2 is 1.96 bits per heavy atom. The highest BCUT2D eigenvalue weighted by molar-refractivity contribution is 5.92. The number of hydrogen-bond donors (Lipinski definition) is 1. The van der Waals surface area contributed by atoms with Crippen LogP contribution < -0.4 is 5.32 Å². The van der Waals surface area contributed by atoms with Gasteiger partial charge in [-0.25, -0.2) is 4.98 Å². The Kier molecular flexibility index (Phi) is 5.23. The highest BCUT2D eigenvalue weighted by Gasteiger charge is 2.16. The molecular formula is C23H26N2O2. The first-order chi connectivity index (χ1) is 13.2. The largest absolute Gasteiger partial charge is 0.436 e. The van der Waals surface area contributed by atoms with Gasteiger partial charge in [0.25, 0.3) is 0 Å². The minimum Gasteiger partial charge on any atom is -0.436 e. The molecule has 27 heavy (non-hydrogen) atoms. The third-order valence-electron chi connectivity index (χ3n) is 5.56. The van der Waals surface area contributed by atoms with Crippen LogP contribution in [0.25, 0.3) is 22.6 Å². The number of aryl methyl sites for hydroxylation is 1. The van der Waals surface area contributed by atoms with Crippen LogP contribution in [0.5, 0.6) is 0 Å². The zero-order chi connectivity index (χ0) is 18.6. The lowest BCUT2D eigenvalue weighted by molar-refractivity contribution is -0.116. The highest BCUT2D eigenvalue weighted by Crippen LogP contribution is 2.29. The van der Waals surface area contributed by atoms with E-state index >= 15 is 0 Å².